The molecule has 0 amide bonds. The fraction of sp³-hybridized carbons (Fsp3) is 0.538. The molecule has 0 spiro atoms. The summed E-state index contributed by atoms with van der Waals surface area (Å²) < 4.78 is 18.5. The molecule has 1 aromatic rings. The van der Waals surface area contributed by atoms with Crippen molar-refractivity contribution in [3.8, 4) is 5.75 Å². The Kier molecular flexibility index (Phi) is 3.85. The summed E-state index contributed by atoms with van der Waals surface area (Å²) in [6.45, 7) is 0. The largest absolute Gasteiger partial charge is 0.496 e. The van der Waals surface area contributed by atoms with Crippen molar-refractivity contribution in [1.29, 1.82) is 0 Å². The van der Waals surface area contributed by atoms with Gasteiger partial charge in [-0.05, 0) is 37.0 Å². The first-order valence-electron chi connectivity index (χ1n) is 5.70. The molecular weight excluding hydrogens is 271 g/mol. The molecule has 0 aromatic heterocycles. The highest BCUT2D eigenvalue weighted by Crippen LogP contribution is 2.44. The summed E-state index contributed by atoms with van der Waals surface area (Å²) in [7, 11) is 1.63. The molecule has 0 heterocycles. The number of benzene rings is 1. The van der Waals surface area contributed by atoms with Crippen LogP contribution in [0.3, 0.4) is 0 Å². The van der Waals surface area contributed by atoms with Crippen LogP contribution in [0.15, 0.2) is 18.2 Å². The van der Waals surface area contributed by atoms with Crippen molar-refractivity contribution < 1.29 is 9.13 Å². The highest BCUT2D eigenvalue weighted by molar-refractivity contribution is 9.09. The number of alkyl halides is 1. The van der Waals surface area contributed by atoms with Crippen molar-refractivity contribution >= 4 is 15.9 Å². The number of hydrogen-bond donors (Lipinski definition) is 0. The van der Waals surface area contributed by atoms with Crippen LogP contribution in [-0.2, 0) is 0 Å². The van der Waals surface area contributed by atoms with E-state index in [1.54, 1.807) is 19.2 Å². The van der Waals surface area contributed by atoms with Gasteiger partial charge >= 0.3 is 0 Å². The zero-order valence-corrected chi connectivity index (χ0v) is 11.0. The molecule has 2 rings (SSSR count). The second kappa shape index (κ2) is 5.17. The summed E-state index contributed by atoms with van der Waals surface area (Å²) in [5, 5.41) is 0. The van der Waals surface area contributed by atoms with Crippen LogP contribution in [0.2, 0.25) is 0 Å². The van der Waals surface area contributed by atoms with Crippen LogP contribution in [0.1, 0.15) is 36.1 Å². The smallest absolute Gasteiger partial charge is 0.123 e. The zero-order chi connectivity index (χ0) is 11.5. The average molecular weight is 287 g/mol. The van der Waals surface area contributed by atoms with Gasteiger partial charge in [-0.15, -0.1) is 0 Å². The van der Waals surface area contributed by atoms with E-state index in [2.05, 4.69) is 15.9 Å². The predicted octanol–water partition coefficient (Wildman–Crippen LogP) is 4.46. The highest BCUT2D eigenvalue weighted by atomic mass is 79.9. The average Bonchev–Trinajstić information content (AvgIpc) is 2.81. The maximum absolute atomic E-state index is 13.3. The second-order valence-corrected chi connectivity index (χ2v) is 5.32. The van der Waals surface area contributed by atoms with Crippen molar-refractivity contribution in [2.45, 2.75) is 30.5 Å². The van der Waals surface area contributed by atoms with Gasteiger partial charge in [-0.2, -0.15) is 0 Å². The molecule has 1 atom stereocenters. The molecule has 1 aliphatic carbocycles. The van der Waals surface area contributed by atoms with Gasteiger partial charge < -0.3 is 4.74 Å². The minimum Gasteiger partial charge on any atom is -0.496 e. The Hall–Kier alpha value is -0.570. The summed E-state index contributed by atoms with van der Waals surface area (Å²) in [5.41, 5.74) is 0.939. The van der Waals surface area contributed by atoms with E-state index in [9.17, 15) is 4.39 Å². The molecule has 0 N–H and O–H groups in total. The quantitative estimate of drug-likeness (QED) is 0.746. The molecule has 1 aliphatic rings. The molecule has 1 nitrogen and oxygen atoms in total. The van der Waals surface area contributed by atoms with Gasteiger partial charge in [-0.1, -0.05) is 28.8 Å². The summed E-state index contributed by atoms with van der Waals surface area (Å²) in [6.07, 6.45) is 5.00. The van der Waals surface area contributed by atoms with E-state index in [1.165, 1.54) is 31.7 Å². The monoisotopic (exact) mass is 286 g/mol. The van der Waals surface area contributed by atoms with Crippen molar-refractivity contribution in [3.05, 3.63) is 29.6 Å². The number of rotatable bonds is 3. The lowest BCUT2D eigenvalue weighted by Crippen LogP contribution is -2.05. The Morgan fingerprint density at radius 1 is 1.38 bits per heavy atom. The fourth-order valence-electron chi connectivity index (χ4n) is 2.42. The number of halogens is 2. The van der Waals surface area contributed by atoms with E-state index in [-0.39, 0.29) is 10.6 Å². The van der Waals surface area contributed by atoms with E-state index in [0.29, 0.717) is 5.92 Å². The van der Waals surface area contributed by atoms with Gasteiger partial charge in [0.05, 0.1) is 7.11 Å². The molecule has 1 aromatic carbocycles. The molecule has 0 radical (unpaired) electrons. The molecule has 0 bridgehead atoms. The van der Waals surface area contributed by atoms with Gasteiger partial charge in [0.25, 0.3) is 0 Å². The molecular formula is C13H16BrFO. The summed E-state index contributed by atoms with van der Waals surface area (Å²) in [6, 6.07) is 4.72. The summed E-state index contributed by atoms with van der Waals surface area (Å²) in [4.78, 5) is 0.209. The third kappa shape index (κ3) is 2.40. The zero-order valence-electron chi connectivity index (χ0n) is 9.38. The van der Waals surface area contributed by atoms with Crippen molar-refractivity contribution in [1.82, 2.24) is 0 Å². The molecule has 16 heavy (non-hydrogen) atoms. The number of ether oxygens (including phenoxy) is 1. The Balaban J connectivity index is 2.26. The first-order chi connectivity index (χ1) is 7.72. The lowest BCUT2D eigenvalue weighted by atomic mass is 9.97. The van der Waals surface area contributed by atoms with Crippen LogP contribution in [-0.4, -0.2) is 7.11 Å². The third-order valence-corrected chi connectivity index (χ3v) is 4.54. The number of hydrogen-bond acceptors (Lipinski definition) is 1. The maximum Gasteiger partial charge on any atom is 0.123 e. The van der Waals surface area contributed by atoms with Gasteiger partial charge in [-0.25, -0.2) is 4.39 Å². The first-order valence-corrected chi connectivity index (χ1v) is 6.61. The normalized spacial score (nSPS) is 18.7. The second-order valence-electron chi connectivity index (χ2n) is 4.33. The van der Waals surface area contributed by atoms with Crippen LogP contribution < -0.4 is 4.74 Å². The molecule has 1 unspecified atom stereocenters. The van der Waals surface area contributed by atoms with Crippen LogP contribution in [0.25, 0.3) is 0 Å². The van der Waals surface area contributed by atoms with E-state index in [1.807, 2.05) is 0 Å². The van der Waals surface area contributed by atoms with Gasteiger partial charge in [0.1, 0.15) is 11.6 Å². The van der Waals surface area contributed by atoms with E-state index in [0.717, 1.165) is 11.3 Å². The summed E-state index contributed by atoms with van der Waals surface area (Å²) in [5.74, 6) is 1.18. The van der Waals surface area contributed by atoms with Crippen LogP contribution in [0.4, 0.5) is 4.39 Å². The minimum absolute atomic E-state index is 0.196. The predicted molar refractivity (Wildman–Crippen MR) is 66.6 cm³/mol. The molecule has 3 heteroatoms. The Morgan fingerprint density at radius 3 is 2.69 bits per heavy atom. The Morgan fingerprint density at radius 2 is 2.06 bits per heavy atom. The molecule has 0 aliphatic heterocycles. The SMILES string of the molecule is COc1ccc(F)cc1C(Br)C1CCCC1. The Labute approximate surface area is 104 Å². The van der Waals surface area contributed by atoms with Gasteiger partial charge in [0, 0.05) is 10.4 Å². The standard InChI is InChI=1S/C13H16BrFO/c1-16-12-7-6-10(15)8-11(12)13(14)9-4-2-3-5-9/h6-9,13H,2-5H2,1H3. The van der Waals surface area contributed by atoms with Crippen molar-refractivity contribution in [3.63, 3.8) is 0 Å². The molecule has 88 valence electrons. The molecule has 1 fully saturated rings. The molecule has 0 saturated heterocycles. The van der Waals surface area contributed by atoms with E-state index < -0.39 is 0 Å². The summed E-state index contributed by atoms with van der Waals surface area (Å²) >= 11 is 3.69. The lowest BCUT2D eigenvalue weighted by molar-refractivity contribution is 0.402. The van der Waals surface area contributed by atoms with Gasteiger partial charge in [0.15, 0.2) is 0 Å². The van der Waals surface area contributed by atoms with E-state index >= 15 is 0 Å². The van der Waals surface area contributed by atoms with Crippen molar-refractivity contribution in [2.24, 2.45) is 5.92 Å². The Bertz CT molecular complexity index is 361. The van der Waals surface area contributed by atoms with Crippen LogP contribution >= 0.6 is 15.9 Å². The van der Waals surface area contributed by atoms with Gasteiger partial charge in [-0.3, -0.25) is 0 Å². The lowest BCUT2D eigenvalue weighted by Gasteiger charge is -2.19. The van der Waals surface area contributed by atoms with E-state index in [4.69, 9.17) is 4.74 Å². The first kappa shape index (κ1) is 11.9. The number of methoxy groups -OCH3 is 1. The topological polar surface area (TPSA) is 9.23 Å². The maximum atomic E-state index is 13.3. The minimum atomic E-state index is -0.196. The van der Waals surface area contributed by atoms with Crippen LogP contribution in [0.5, 0.6) is 5.75 Å². The van der Waals surface area contributed by atoms with Crippen LogP contribution in [0, 0.1) is 11.7 Å². The van der Waals surface area contributed by atoms with Gasteiger partial charge in [0.2, 0.25) is 0 Å². The highest BCUT2D eigenvalue weighted by Gasteiger charge is 2.26. The molecule has 1 saturated carbocycles. The third-order valence-electron chi connectivity index (χ3n) is 3.30. The fourth-order valence-corrected chi connectivity index (χ4v) is 3.31. The van der Waals surface area contributed by atoms with Crippen molar-refractivity contribution in [2.75, 3.05) is 7.11 Å².